The van der Waals surface area contributed by atoms with Crippen molar-refractivity contribution in [2.45, 2.75) is 119 Å². The third-order valence-corrected chi connectivity index (χ3v) is 17.8. The average Bonchev–Trinajstić information content (AvgIpc) is 3.22. The summed E-state index contributed by atoms with van der Waals surface area (Å²) in [4.78, 5) is 28.0. The zero-order valence-electron chi connectivity index (χ0n) is 40.7. The fraction of sp³-hybridized carbons (Fsp3) is 0.449. The number of carbonyl (C=O) groups excluding carboxylic acids is 1. The zero-order chi connectivity index (χ0) is 52.8. The standard InChI is InChI=1S/C49H59N3O15S4/c1-9-51-41-22-39-37(20-35(41)30(24-47(51,2)3)27-68(56,57)58)45(33-13-10-11-14-34(33)46(55)50(8)18-12-15-44(53)54)38-21-36-31(28-69(59,60)61)25-48(4,5)52(42(36)23-40(38)49(39,6)7)26-29-16-17-32(70(62,63)64)19-43(29)71(65,66)67/h10-11,13-14,16-17,19-23,30-31H,9,12,15,18,24-28H2,1-8H3,(H4-,53,54,56,57,58,59,60,61,62,63,64,65,66,67)/p+1. The molecule has 1 amide bonds. The van der Waals surface area contributed by atoms with Crippen LogP contribution in [0.15, 0.2) is 76.5 Å². The van der Waals surface area contributed by atoms with Crippen LogP contribution in [0.4, 0.5) is 5.69 Å². The number of hydrogen-bond acceptors (Lipinski definition) is 11. The Morgan fingerprint density at radius 2 is 1.37 bits per heavy atom. The first kappa shape index (κ1) is 53.7. The molecule has 0 aromatic heterocycles. The molecular weight excluding hydrogens is 999 g/mol. The molecule has 0 saturated carbocycles. The summed E-state index contributed by atoms with van der Waals surface area (Å²) in [5, 5.41) is 10.3. The molecule has 2 atom stereocenters. The minimum Gasteiger partial charge on any atom is -0.481 e. The Balaban J connectivity index is 1.66. The molecule has 0 radical (unpaired) electrons. The van der Waals surface area contributed by atoms with Crippen molar-refractivity contribution in [2.75, 3.05) is 36.5 Å². The van der Waals surface area contributed by atoms with Crippen molar-refractivity contribution in [2.24, 2.45) is 0 Å². The summed E-state index contributed by atoms with van der Waals surface area (Å²) < 4.78 is 144. The van der Waals surface area contributed by atoms with Crippen LogP contribution in [-0.2, 0) is 57.2 Å². The molecule has 0 bridgehead atoms. The molecule has 7 rings (SSSR count). The minimum atomic E-state index is -5.11. The molecule has 5 N–H and O–H groups in total. The van der Waals surface area contributed by atoms with Crippen LogP contribution in [0.25, 0.3) is 5.57 Å². The van der Waals surface area contributed by atoms with E-state index in [2.05, 4.69) is 4.90 Å². The Kier molecular flexibility index (Phi) is 14.0. The van der Waals surface area contributed by atoms with Gasteiger partial charge < -0.3 is 14.9 Å². The second-order valence-electron chi connectivity index (χ2n) is 20.7. The Hall–Kier alpha value is -5.07. The zero-order valence-corrected chi connectivity index (χ0v) is 43.9. The lowest BCUT2D eigenvalue weighted by Gasteiger charge is -2.49. The van der Waals surface area contributed by atoms with Gasteiger partial charge in [-0.3, -0.25) is 27.8 Å². The number of aliphatic carboxylic acids is 1. The summed E-state index contributed by atoms with van der Waals surface area (Å²) in [7, 11) is -17.6. The van der Waals surface area contributed by atoms with Crippen molar-refractivity contribution < 1.29 is 66.6 Å². The molecule has 2 aliphatic heterocycles. The SMILES string of the molecule is CCN1c2cc3c(cc2C(CS(=O)(=O)O)CC1(C)C)C(c1ccccc1C(=O)N(C)CCCC(=O)O)=c1cc2c(cc1C3(C)C)=[N+](Cc1ccc(S(=O)(=O)O)cc1S(=O)(=O)O)C(C)(C)CC2CS(=O)(=O)O. The minimum absolute atomic E-state index is 0.0574. The van der Waals surface area contributed by atoms with Crippen LogP contribution in [0.5, 0.6) is 0 Å². The number of carboxylic acids is 1. The van der Waals surface area contributed by atoms with Crippen molar-refractivity contribution in [1.82, 2.24) is 9.48 Å². The summed E-state index contributed by atoms with van der Waals surface area (Å²) in [5.74, 6) is -4.33. The highest BCUT2D eigenvalue weighted by atomic mass is 32.2. The molecule has 3 aliphatic rings. The van der Waals surface area contributed by atoms with Crippen molar-refractivity contribution in [3.05, 3.63) is 122 Å². The Morgan fingerprint density at radius 1 is 0.746 bits per heavy atom. The van der Waals surface area contributed by atoms with E-state index in [1.807, 2.05) is 57.4 Å². The molecular formula is C49H60N3O15S4+. The molecule has 0 fully saturated rings. The van der Waals surface area contributed by atoms with E-state index in [1.54, 1.807) is 51.2 Å². The van der Waals surface area contributed by atoms with Gasteiger partial charge in [-0.25, -0.2) is 4.58 Å². The lowest BCUT2D eigenvalue weighted by molar-refractivity contribution is -0.137. The van der Waals surface area contributed by atoms with Crippen LogP contribution < -0.4 is 20.1 Å². The molecule has 18 nitrogen and oxygen atoms in total. The maximum Gasteiger partial charge on any atom is 0.303 e. The lowest BCUT2D eigenvalue weighted by atomic mass is 9.66. The van der Waals surface area contributed by atoms with E-state index in [0.29, 0.717) is 63.0 Å². The van der Waals surface area contributed by atoms with Crippen LogP contribution in [0.2, 0.25) is 0 Å². The van der Waals surface area contributed by atoms with Gasteiger partial charge in [0, 0.05) is 84.2 Å². The first-order valence-corrected chi connectivity index (χ1v) is 29.0. The van der Waals surface area contributed by atoms with Gasteiger partial charge in [-0.2, -0.15) is 33.7 Å². The van der Waals surface area contributed by atoms with E-state index >= 15 is 0 Å². The van der Waals surface area contributed by atoms with Crippen molar-refractivity contribution >= 4 is 63.6 Å². The van der Waals surface area contributed by atoms with E-state index < -0.39 is 102 Å². The molecule has 4 aromatic carbocycles. The van der Waals surface area contributed by atoms with Crippen LogP contribution in [0.1, 0.15) is 135 Å². The maximum atomic E-state index is 14.6. The van der Waals surface area contributed by atoms with E-state index in [4.69, 9.17) is 0 Å². The van der Waals surface area contributed by atoms with Gasteiger partial charge in [0.05, 0.1) is 16.4 Å². The van der Waals surface area contributed by atoms with Gasteiger partial charge in [0.15, 0.2) is 12.1 Å². The molecule has 22 heteroatoms. The largest absolute Gasteiger partial charge is 0.481 e. The predicted molar refractivity (Wildman–Crippen MR) is 266 cm³/mol. The van der Waals surface area contributed by atoms with E-state index in [-0.39, 0.29) is 43.5 Å². The Bertz CT molecular complexity index is 3500. The molecule has 71 heavy (non-hydrogen) atoms. The second-order valence-corrected chi connectivity index (χ2v) is 26.5. The summed E-state index contributed by atoms with van der Waals surface area (Å²) in [6.07, 6.45) is 0.408. The highest BCUT2D eigenvalue weighted by Gasteiger charge is 2.46. The summed E-state index contributed by atoms with van der Waals surface area (Å²) >= 11 is 0. The number of fused-ring (bicyclic) bond motifs is 4. The summed E-state index contributed by atoms with van der Waals surface area (Å²) in [5.41, 5.74) is 2.35. The molecule has 1 aliphatic carbocycles. The number of anilines is 1. The highest BCUT2D eigenvalue weighted by Crippen LogP contribution is 2.50. The molecule has 384 valence electrons. The van der Waals surface area contributed by atoms with E-state index in [1.165, 1.54) is 4.90 Å². The van der Waals surface area contributed by atoms with Gasteiger partial charge in [-0.1, -0.05) is 32.0 Å². The van der Waals surface area contributed by atoms with Crippen molar-refractivity contribution in [1.29, 1.82) is 0 Å². The predicted octanol–water partition coefficient (Wildman–Crippen LogP) is 4.83. The van der Waals surface area contributed by atoms with Gasteiger partial charge in [0.1, 0.15) is 4.90 Å². The smallest absolute Gasteiger partial charge is 0.303 e. The second kappa shape index (κ2) is 18.5. The number of rotatable bonds is 15. The summed E-state index contributed by atoms with van der Waals surface area (Å²) in [6, 6.07) is 17.2. The van der Waals surface area contributed by atoms with E-state index in [9.17, 15) is 66.6 Å². The van der Waals surface area contributed by atoms with E-state index in [0.717, 1.165) is 23.4 Å². The number of benzene rings is 4. The Labute approximate surface area is 414 Å². The van der Waals surface area contributed by atoms with Gasteiger partial charge >= 0.3 is 5.97 Å². The fourth-order valence-corrected chi connectivity index (χ4v) is 14.2. The number of hydrogen-bond donors (Lipinski definition) is 5. The fourth-order valence-electron chi connectivity index (χ4n) is 11.3. The van der Waals surface area contributed by atoms with Crippen LogP contribution in [0, 0.1) is 0 Å². The van der Waals surface area contributed by atoms with Gasteiger partial charge in [-0.05, 0) is 129 Å². The highest BCUT2D eigenvalue weighted by molar-refractivity contribution is 7.87. The summed E-state index contributed by atoms with van der Waals surface area (Å²) in [6.45, 7) is 13.9. The topological polar surface area (TPSA) is 281 Å². The van der Waals surface area contributed by atoms with Gasteiger partial charge in [0.25, 0.3) is 46.4 Å². The van der Waals surface area contributed by atoms with Crippen LogP contribution >= 0.6 is 0 Å². The van der Waals surface area contributed by atoms with Crippen LogP contribution in [-0.4, -0.2) is 116 Å². The van der Waals surface area contributed by atoms with Crippen LogP contribution in [0.3, 0.4) is 0 Å². The lowest BCUT2D eigenvalue weighted by Crippen LogP contribution is -2.54. The number of amides is 1. The molecule has 4 aromatic rings. The normalized spacial score (nSPS) is 19.3. The maximum absolute atomic E-state index is 14.6. The third-order valence-electron chi connectivity index (χ3n) is 14.4. The number of carbonyl (C=O) groups is 2. The first-order chi connectivity index (χ1) is 32.6. The first-order valence-electron chi connectivity index (χ1n) is 22.9. The average molecular weight is 1060 g/mol. The van der Waals surface area contributed by atoms with Crippen molar-refractivity contribution in [3.63, 3.8) is 0 Å². The molecule has 2 unspecified atom stereocenters. The van der Waals surface area contributed by atoms with Gasteiger partial charge in [-0.15, -0.1) is 0 Å². The quantitative estimate of drug-likeness (QED) is 0.0788. The number of nitrogens with zero attached hydrogens (tertiary/aromatic N) is 3. The molecule has 0 spiro atoms. The van der Waals surface area contributed by atoms with Crippen molar-refractivity contribution in [3.8, 4) is 0 Å². The third kappa shape index (κ3) is 10.7. The Morgan fingerprint density at radius 3 is 1.94 bits per heavy atom. The molecule has 2 heterocycles. The monoisotopic (exact) mass is 1060 g/mol. The van der Waals surface area contributed by atoms with Gasteiger partial charge in [0.2, 0.25) is 5.36 Å². The number of carboxylic acid groups (broad SMARTS) is 1. The molecule has 0 saturated heterocycles.